The van der Waals surface area contributed by atoms with Gasteiger partial charge in [-0.1, -0.05) is 33.6 Å². The second-order valence-corrected chi connectivity index (χ2v) is 6.51. The average molecular weight is 423 g/mol. The zero-order valence-corrected chi connectivity index (χ0v) is 14.3. The van der Waals surface area contributed by atoms with Gasteiger partial charge in [0.1, 0.15) is 5.82 Å². The SMILES string of the molecule is NNC(Cc1ccc(F)c(Br)c1)c1cc(Br)ccc1Cl. The van der Waals surface area contributed by atoms with E-state index >= 15 is 0 Å². The zero-order valence-electron chi connectivity index (χ0n) is 10.3. The summed E-state index contributed by atoms with van der Waals surface area (Å²) in [5.74, 6) is 5.34. The summed E-state index contributed by atoms with van der Waals surface area (Å²) in [5, 5.41) is 0.636. The number of hydrogen-bond donors (Lipinski definition) is 2. The van der Waals surface area contributed by atoms with Crippen molar-refractivity contribution in [3.63, 3.8) is 0 Å². The molecule has 2 rings (SSSR count). The molecule has 0 spiro atoms. The van der Waals surface area contributed by atoms with E-state index in [-0.39, 0.29) is 11.9 Å². The molecule has 0 radical (unpaired) electrons. The molecule has 1 unspecified atom stereocenters. The van der Waals surface area contributed by atoms with E-state index in [0.29, 0.717) is 15.9 Å². The third-order valence-electron chi connectivity index (χ3n) is 2.96. The van der Waals surface area contributed by atoms with Crippen molar-refractivity contribution >= 4 is 43.5 Å². The van der Waals surface area contributed by atoms with E-state index in [1.807, 2.05) is 18.2 Å². The number of hydrazine groups is 1. The van der Waals surface area contributed by atoms with Crippen molar-refractivity contribution in [1.82, 2.24) is 5.43 Å². The summed E-state index contributed by atoms with van der Waals surface area (Å²) in [5.41, 5.74) is 4.60. The first-order chi connectivity index (χ1) is 9.51. The van der Waals surface area contributed by atoms with Gasteiger partial charge in [-0.05, 0) is 63.8 Å². The molecule has 0 aliphatic rings. The fourth-order valence-corrected chi connectivity index (χ4v) is 3.00. The molecule has 2 aromatic rings. The van der Waals surface area contributed by atoms with E-state index in [2.05, 4.69) is 37.3 Å². The molecule has 0 aromatic heterocycles. The van der Waals surface area contributed by atoms with Gasteiger partial charge < -0.3 is 0 Å². The first-order valence-electron chi connectivity index (χ1n) is 5.86. The minimum Gasteiger partial charge on any atom is -0.271 e. The molecule has 2 aromatic carbocycles. The normalized spacial score (nSPS) is 12.4. The summed E-state index contributed by atoms with van der Waals surface area (Å²) in [7, 11) is 0. The largest absolute Gasteiger partial charge is 0.271 e. The Morgan fingerprint density at radius 3 is 2.60 bits per heavy atom. The van der Waals surface area contributed by atoms with Gasteiger partial charge in [-0.3, -0.25) is 11.3 Å². The minimum absolute atomic E-state index is 0.155. The fourth-order valence-electron chi connectivity index (χ4n) is 1.94. The van der Waals surface area contributed by atoms with Crippen LogP contribution < -0.4 is 11.3 Å². The molecule has 106 valence electrons. The van der Waals surface area contributed by atoms with E-state index in [0.717, 1.165) is 15.6 Å². The number of halogens is 4. The highest BCUT2D eigenvalue weighted by molar-refractivity contribution is 9.10. The maximum Gasteiger partial charge on any atom is 0.137 e. The molecule has 0 saturated heterocycles. The summed E-state index contributed by atoms with van der Waals surface area (Å²) >= 11 is 12.8. The molecule has 0 heterocycles. The molecule has 0 bridgehead atoms. The van der Waals surface area contributed by atoms with Crippen LogP contribution in [0.25, 0.3) is 0 Å². The van der Waals surface area contributed by atoms with Crippen LogP contribution in [0.1, 0.15) is 17.2 Å². The highest BCUT2D eigenvalue weighted by Crippen LogP contribution is 2.29. The number of benzene rings is 2. The van der Waals surface area contributed by atoms with Crippen molar-refractivity contribution < 1.29 is 4.39 Å². The second-order valence-electron chi connectivity index (χ2n) is 4.34. The highest BCUT2D eigenvalue weighted by Gasteiger charge is 2.15. The Morgan fingerprint density at radius 1 is 1.20 bits per heavy atom. The molecule has 0 aliphatic heterocycles. The molecule has 0 fully saturated rings. The lowest BCUT2D eigenvalue weighted by Crippen LogP contribution is -2.29. The summed E-state index contributed by atoms with van der Waals surface area (Å²) in [4.78, 5) is 0. The first kappa shape index (κ1) is 15.9. The molecule has 3 N–H and O–H groups in total. The minimum atomic E-state index is -0.286. The van der Waals surface area contributed by atoms with Crippen molar-refractivity contribution in [3.05, 3.63) is 67.3 Å². The Labute approximate surface area is 138 Å². The molecular weight excluding hydrogens is 410 g/mol. The van der Waals surface area contributed by atoms with E-state index in [1.54, 1.807) is 12.1 Å². The van der Waals surface area contributed by atoms with Crippen molar-refractivity contribution in [2.24, 2.45) is 5.84 Å². The fraction of sp³-hybridized carbons (Fsp3) is 0.143. The van der Waals surface area contributed by atoms with Crippen molar-refractivity contribution in [1.29, 1.82) is 0 Å². The maximum absolute atomic E-state index is 13.2. The number of rotatable bonds is 4. The predicted octanol–water partition coefficient (Wildman–Crippen LogP) is 4.75. The molecule has 0 saturated carbocycles. The Balaban J connectivity index is 2.28. The first-order valence-corrected chi connectivity index (χ1v) is 7.82. The van der Waals surface area contributed by atoms with Gasteiger partial charge >= 0.3 is 0 Å². The Hall–Kier alpha value is -0.460. The van der Waals surface area contributed by atoms with Gasteiger partial charge in [0.15, 0.2) is 0 Å². The summed E-state index contributed by atoms with van der Waals surface area (Å²) in [6.45, 7) is 0. The van der Waals surface area contributed by atoms with E-state index < -0.39 is 0 Å². The van der Waals surface area contributed by atoms with Crippen LogP contribution in [0, 0.1) is 5.82 Å². The van der Waals surface area contributed by atoms with E-state index in [4.69, 9.17) is 17.4 Å². The lowest BCUT2D eigenvalue weighted by atomic mass is 9.99. The zero-order chi connectivity index (χ0) is 14.7. The molecule has 1 atom stereocenters. The predicted molar refractivity (Wildman–Crippen MR) is 87.0 cm³/mol. The Morgan fingerprint density at radius 2 is 1.95 bits per heavy atom. The molecule has 6 heteroatoms. The topological polar surface area (TPSA) is 38.0 Å². The number of nitrogens with two attached hydrogens (primary N) is 1. The van der Waals surface area contributed by atoms with Gasteiger partial charge in [0.2, 0.25) is 0 Å². The number of nitrogens with one attached hydrogen (secondary N) is 1. The van der Waals surface area contributed by atoms with Gasteiger partial charge in [0.25, 0.3) is 0 Å². The van der Waals surface area contributed by atoms with Crippen LogP contribution >= 0.6 is 43.5 Å². The quantitative estimate of drug-likeness (QED) is 0.551. The van der Waals surface area contributed by atoms with Crippen molar-refractivity contribution in [3.8, 4) is 0 Å². The van der Waals surface area contributed by atoms with Gasteiger partial charge in [0.05, 0.1) is 10.5 Å². The van der Waals surface area contributed by atoms with E-state index in [9.17, 15) is 4.39 Å². The number of hydrogen-bond acceptors (Lipinski definition) is 2. The second kappa shape index (κ2) is 7.00. The Kier molecular flexibility index (Phi) is 5.57. The molecule has 0 aliphatic carbocycles. The summed E-state index contributed by atoms with van der Waals surface area (Å²) < 4.78 is 14.6. The van der Waals surface area contributed by atoms with Crippen LogP contribution in [0.15, 0.2) is 45.3 Å². The van der Waals surface area contributed by atoms with Gasteiger partial charge in [-0.25, -0.2) is 4.39 Å². The third-order valence-corrected chi connectivity index (χ3v) is 4.40. The molecule has 0 amide bonds. The van der Waals surface area contributed by atoms with Crippen LogP contribution in [0.3, 0.4) is 0 Å². The highest BCUT2D eigenvalue weighted by atomic mass is 79.9. The van der Waals surface area contributed by atoms with Crippen LogP contribution in [-0.2, 0) is 6.42 Å². The van der Waals surface area contributed by atoms with Crippen molar-refractivity contribution in [2.75, 3.05) is 0 Å². The van der Waals surface area contributed by atoms with Crippen LogP contribution in [0.4, 0.5) is 4.39 Å². The molecule has 20 heavy (non-hydrogen) atoms. The summed E-state index contributed by atoms with van der Waals surface area (Å²) in [6, 6.07) is 10.3. The van der Waals surface area contributed by atoms with E-state index in [1.165, 1.54) is 6.07 Å². The monoisotopic (exact) mass is 420 g/mol. The van der Waals surface area contributed by atoms with Crippen LogP contribution in [0.2, 0.25) is 5.02 Å². The standard InChI is InChI=1S/C14H12Br2ClFN2/c15-9-2-3-12(17)10(7-9)14(20-19)6-8-1-4-13(18)11(16)5-8/h1-5,7,14,20H,6,19H2. The lowest BCUT2D eigenvalue weighted by Gasteiger charge is -2.18. The smallest absolute Gasteiger partial charge is 0.137 e. The molecular formula is C14H12Br2ClFN2. The maximum atomic E-state index is 13.2. The Bertz CT molecular complexity index is 622. The van der Waals surface area contributed by atoms with Crippen LogP contribution in [0.5, 0.6) is 0 Å². The van der Waals surface area contributed by atoms with Crippen LogP contribution in [-0.4, -0.2) is 0 Å². The summed E-state index contributed by atoms with van der Waals surface area (Å²) in [6.07, 6.45) is 0.603. The molecule has 2 nitrogen and oxygen atoms in total. The van der Waals surface area contributed by atoms with Gasteiger partial charge in [0, 0.05) is 9.50 Å². The van der Waals surface area contributed by atoms with Gasteiger partial charge in [-0.15, -0.1) is 0 Å². The third kappa shape index (κ3) is 3.80. The van der Waals surface area contributed by atoms with Gasteiger partial charge in [-0.2, -0.15) is 0 Å². The average Bonchev–Trinajstić information content (AvgIpc) is 2.43. The lowest BCUT2D eigenvalue weighted by molar-refractivity contribution is 0.550. The van der Waals surface area contributed by atoms with Crippen molar-refractivity contribution in [2.45, 2.75) is 12.5 Å².